The van der Waals surface area contributed by atoms with Crippen LogP contribution in [-0.4, -0.2) is 39.2 Å². The van der Waals surface area contributed by atoms with E-state index in [0.29, 0.717) is 36.2 Å². The minimum Gasteiger partial charge on any atom is -0.497 e. The Morgan fingerprint density at radius 2 is 0.849 bits per heavy atom. The Bertz CT molecular complexity index is 2080. The van der Waals surface area contributed by atoms with Crippen LogP contribution in [0, 0.1) is 5.41 Å². The monoisotopic (exact) mass is 698 g/mol. The van der Waals surface area contributed by atoms with Crippen molar-refractivity contribution in [3.63, 3.8) is 0 Å². The Labute approximate surface area is 312 Å². The highest BCUT2D eigenvalue weighted by Crippen LogP contribution is 2.36. The molecule has 0 saturated heterocycles. The quantitative estimate of drug-likeness (QED) is 0.106. The number of hydrogen-bond donors (Lipinski definition) is 0. The smallest absolute Gasteiger partial charge is 0.128 e. The van der Waals surface area contributed by atoms with Crippen molar-refractivity contribution < 1.29 is 18.9 Å². The molecule has 0 fully saturated rings. The van der Waals surface area contributed by atoms with Gasteiger partial charge in [-0.2, -0.15) is 0 Å². The summed E-state index contributed by atoms with van der Waals surface area (Å²) in [5.41, 5.74) is 6.33. The first-order chi connectivity index (χ1) is 25.9. The number of nitrogens with zero attached hydrogens (tertiary/aromatic N) is 2. The van der Waals surface area contributed by atoms with Crippen molar-refractivity contribution in [3.05, 3.63) is 180 Å². The highest BCUT2D eigenvalue weighted by Gasteiger charge is 2.24. The van der Waals surface area contributed by atoms with E-state index >= 15 is 0 Å². The number of para-hydroxylation sites is 2. The third kappa shape index (κ3) is 9.81. The van der Waals surface area contributed by atoms with Crippen molar-refractivity contribution in [3.8, 4) is 23.0 Å². The van der Waals surface area contributed by atoms with E-state index in [2.05, 4.69) is 35.6 Å². The van der Waals surface area contributed by atoms with Crippen LogP contribution in [0.4, 0.5) is 11.4 Å². The number of benzene rings is 6. The van der Waals surface area contributed by atoms with Crippen LogP contribution in [0.25, 0.3) is 11.1 Å². The average Bonchev–Trinajstić information content (AvgIpc) is 3.21. The van der Waals surface area contributed by atoms with Crippen LogP contribution in [0.5, 0.6) is 23.0 Å². The van der Waals surface area contributed by atoms with Crippen LogP contribution in [-0.2, 0) is 0 Å². The van der Waals surface area contributed by atoms with Gasteiger partial charge in [-0.25, -0.2) is 9.98 Å². The molecule has 0 saturated carbocycles. The first-order valence-electron chi connectivity index (χ1n) is 17.4. The zero-order valence-corrected chi connectivity index (χ0v) is 30.5. The molecule has 53 heavy (non-hydrogen) atoms. The molecule has 0 unspecified atom stereocenters. The first-order valence-corrected chi connectivity index (χ1v) is 17.4. The molecule has 264 valence electrons. The molecule has 0 radical (unpaired) electrons. The second-order valence-electron chi connectivity index (χ2n) is 13.1. The molecule has 0 bridgehead atoms. The molecule has 6 nitrogen and oxygen atoms in total. The van der Waals surface area contributed by atoms with Gasteiger partial charge >= 0.3 is 0 Å². The van der Waals surface area contributed by atoms with Crippen LogP contribution in [0.2, 0.25) is 0 Å². The molecule has 0 aliphatic heterocycles. The fourth-order valence-electron chi connectivity index (χ4n) is 5.52. The summed E-state index contributed by atoms with van der Waals surface area (Å²) < 4.78 is 24.5. The van der Waals surface area contributed by atoms with Gasteiger partial charge in [0.15, 0.2) is 0 Å². The summed E-state index contributed by atoms with van der Waals surface area (Å²) in [6.07, 6.45) is 0. The van der Waals surface area contributed by atoms with Gasteiger partial charge in [-0.3, -0.25) is 0 Å². The molecular weight excluding hydrogens is 657 g/mol. The number of ether oxygens (including phenoxy) is 4. The number of aliphatic imine (C=N–C) groups is 2. The van der Waals surface area contributed by atoms with Crippen molar-refractivity contribution in [2.24, 2.45) is 15.4 Å². The summed E-state index contributed by atoms with van der Waals surface area (Å²) in [6.45, 7) is 4.98. The first kappa shape index (κ1) is 36.2. The lowest BCUT2D eigenvalue weighted by atomic mass is 9.95. The molecule has 0 spiro atoms. The molecule has 0 N–H and O–H groups in total. The number of rotatable bonds is 14. The standard InChI is InChI=1S/C47H42N2O4/c1-47(2,33-52-45-27-25-39(50-3)29-41(45)43(35-17-9-5-10-18-35)31-48-37-21-13-7-14-22-37)34-53-46-28-26-40(51-4)30-42(46)44(36-19-11-6-12-20-36)32-49-38-23-15-8-16-24-38/h5-30H,33-34H2,1-4H3. The Kier molecular flexibility index (Phi) is 12.0. The lowest BCUT2D eigenvalue weighted by molar-refractivity contribution is 0.110. The molecule has 6 aromatic carbocycles. The van der Waals surface area contributed by atoms with E-state index in [1.54, 1.807) is 14.2 Å². The summed E-state index contributed by atoms with van der Waals surface area (Å²) >= 11 is 0. The van der Waals surface area contributed by atoms with Crippen molar-refractivity contribution >= 4 is 34.3 Å². The normalized spacial score (nSPS) is 10.6. The number of hydrogen-bond acceptors (Lipinski definition) is 6. The van der Waals surface area contributed by atoms with Crippen LogP contribution in [0.1, 0.15) is 36.1 Å². The van der Waals surface area contributed by atoms with E-state index in [1.165, 1.54) is 0 Å². The Morgan fingerprint density at radius 1 is 0.491 bits per heavy atom. The third-order valence-corrected chi connectivity index (χ3v) is 8.38. The minimum atomic E-state index is -0.405. The maximum Gasteiger partial charge on any atom is 0.128 e. The molecule has 0 atom stereocenters. The largest absolute Gasteiger partial charge is 0.497 e. The van der Waals surface area contributed by atoms with Gasteiger partial charge in [0.2, 0.25) is 0 Å². The lowest BCUT2D eigenvalue weighted by Crippen LogP contribution is -2.29. The van der Waals surface area contributed by atoms with Gasteiger partial charge in [0.05, 0.1) is 50.0 Å². The van der Waals surface area contributed by atoms with E-state index in [9.17, 15) is 0 Å². The number of methoxy groups -OCH3 is 2. The van der Waals surface area contributed by atoms with E-state index in [0.717, 1.165) is 44.8 Å². The van der Waals surface area contributed by atoms with Gasteiger partial charge in [-0.15, -0.1) is 0 Å². The summed E-state index contributed by atoms with van der Waals surface area (Å²) in [4.78, 5) is 9.38. The molecule has 0 aromatic heterocycles. The fraction of sp³-hybridized carbons (Fsp3) is 0.149. The second-order valence-corrected chi connectivity index (χ2v) is 13.1. The second kappa shape index (κ2) is 17.6. The Balaban J connectivity index is 1.30. The zero-order valence-electron chi connectivity index (χ0n) is 30.5. The molecule has 6 rings (SSSR count). The summed E-state index contributed by atoms with van der Waals surface area (Å²) in [5.74, 6) is 9.42. The summed E-state index contributed by atoms with van der Waals surface area (Å²) in [6, 6.07) is 51.3. The molecule has 6 aromatic rings. The summed E-state index contributed by atoms with van der Waals surface area (Å²) in [7, 11) is 3.31. The van der Waals surface area contributed by atoms with E-state index < -0.39 is 5.41 Å². The van der Waals surface area contributed by atoms with Gasteiger partial charge in [0, 0.05) is 16.5 Å². The van der Waals surface area contributed by atoms with Gasteiger partial charge < -0.3 is 18.9 Å². The average molecular weight is 699 g/mol. The van der Waals surface area contributed by atoms with E-state index in [1.807, 2.05) is 158 Å². The van der Waals surface area contributed by atoms with Crippen LogP contribution >= 0.6 is 0 Å². The minimum absolute atomic E-state index is 0.368. The maximum atomic E-state index is 6.62. The highest BCUT2D eigenvalue weighted by molar-refractivity contribution is 6.02. The predicted octanol–water partition coefficient (Wildman–Crippen LogP) is 11.1. The fourth-order valence-corrected chi connectivity index (χ4v) is 5.52. The van der Waals surface area contributed by atoms with Crippen molar-refractivity contribution in [2.75, 3.05) is 27.4 Å². The topological polar surface area (TPSA) is 61.6 Å². The lowest BCUT2D eigenvalue weighted by Gasteiger charge is -2.26. The predicted molar refractivity (Wildman–Crippen MR) is 216 cm³/mol. The van der Waals surface area contributed by atoms with E-state index in [-0.39, 0.29) is 0 Å². The van der Waals surface area contributed by atoms with Crippen molar-refractivity contribution in [1.82, 2.24) is 0 Å². The SMILES string of the molecule is COc1ccc(OCC(C)(C)COc2ccc(OC)cc2C(=C=Nc2ccccc2)c2ccccc2)c(C(=C=Nc2ccccc2)c2ccccc2)c1. The molecule has 0 amide bonds. The molecule has 0 heterocycles. The van der Waals surface area contributed by atoms with Crippen LogP contribution in [0.15, 0.2) is 168 Å². The zero-order chi connectivity index (χ0) is 36.9. The van der Waals surface area contributed by atoms with Gasteiger partial charge in [0.25, 0.3) is 0 Å². The highest BCUT2D eigenvalue weighted by atomic mass is 16.5. The Hall–Kier alpha value is -6.58. The van der Waals surface area contributed by atoms with E-state index in [4.69, 9.17) is 18.9 Å². The van der Waals surface area contributed by atoms with Crippen molar-refractivity contribution in [2.45, 2.75) is 13.8 Å². The van der Waals surface area contributed by atoms with Gasteiger partial charge in [-0.1, -0.05) is 111 Å². The molecule has 0 aliphatic rings. The van der Waals surface area contributed by atoms with Crippen molar-refractivity contribution in [1.29, 1.82) is 0 Å². The molecular formula is C47H42N2O4. The maximum absolute atomic E-state index is 6.62. The van der Waals surface area contributed by atoms with Gasteiger partial charge in [-0.05, 0) is 83.5 Å². The van der Waals surface area contributed by atoms with Crippen LogP contribution in [0.3, 0.4) is 0 Å². The van der Waals surface area contributed by atoms with Gasteiger partial charge in [0.1, 0.15) is 23.0 Å². The Morgan fingerprint density at radius 3 is 1.21 bits per heavy atom. The molecule has 6 heteroatoms. The summed E-state index contributed by atoms with van der Waals surface area (Å²) in [5, 5.41) is 0. The van der Waals surface area contributed by atoms with Crippen LogP contribution < -0.4 is 18.9 Å². The molecule has 0 aliphatic carbocycles. The third-order valence-electron chi connectivity index (χ3n) is 8.38.